The smallest absolute Gasteiger partial charge is 0.416 e. The van der Waals surface area contributed by atoms with E-state index >= 15 is 0 Å². The first kappa shape index (κ1) is 30.8. The first-order valence-electron chi connectivity index (χ1n) is 12.9. The molecule has 0 fully saturated rings. The van der Waals surface area contributed by atoms with E-state index in [9.17, 15) is 27.5 Å². The van der Waals surface area contributed by atoms with Gasteiger partial charge in [-0.25, -0.2) is 4.39 Å². The predicted octanol–water partition coefficient (Wildman–Crippen LogP) is 8.72. The summed E-state index contributed by atoms with van der Waals surface area (Å²) in [5.74, 6) is -0.605. The number of carbonyl (C=O) groups is 1. The second-order valence-corrected chi connectivity index (χ2v) is 10.5. The zero-order chi connectivity index (χ0) is 31.6. The number of amides is 1. The van der Waals surface area contributed by atoms with Gasteiger partial charge in [0.2, 0.25) is 5.89 Å². The average Bonchev–Trinajstić information content (AvgIpc) is 3.42. The Morgan fingerprint density at radius 1 is 0.955 bits per heavy atom. The van der Waals surface area contributed by atoms with Crippen LogP contribution in [0.4, 0.5) is 17.6 Å². The number of rotatable bonds is 8. The lowest BCUT2D eigenvalue weighted by atomic mass is 10.00. The Hall–Kier alpha value is -4.61. The fourth-order valence-corrected chi connectivity index (χ4v) is 4.68. The molecule has 4 aromatic carbocycles. The molecule has 0 aliphatic heterocycles. The van der Waals surface area contributed by atoms with Gasteiger partial charge in [0.25, 0.3) is 5.91 Å². The van der Waals surface area contributed by atoms with Gasteiger partial charge in [-0.15, -0.1) is 0 Å². The number of alkyl halides is 3. The summed E-state index contributed by atoms with van der Waals surface area (Å²) in [5.41, 5.74) is 0.353. The van der Waals surface area contributed by atoms with Crippen LogP contribution in [-0.4, -0.2) is 21.2 Å². The van der Waals surface area contributed by atoms with Crippen molar-refractivity contribution in [2.45, 2.75) is 25.6 Å². The molecular weight excluding hydrogens is 625 g/mol. The first-order valence-corrected chi connectivity index (χ1v) is 13.7. The molecule has 0 aliphatic carbocycles. The Balaban J connectivity index is 1.37. The summed E-state index contributed by atoms with van der Waals surface area (Å²) in [6, 6.07) is 16.9. The minimum atomic E-state index is -4.51. The van der Waals surface area contributed by atoms with E-state index in [2.05, 4.69) is 15.5 Å². The van der Waals surface area contributed by atoms with Crippen LogP contribution in [0.2, 0.25) is 10.0 Å². The van der Waals surface area contributed by atoms with Crippen LogP contribution in [0.3, 0.4) is 0 Å². The van der Waals surface area contributed by atoms with Crippen LogP contribution >= 0.6 is 23.2 Å². The lowest BCUT2D eigenvalue weighted by Crippen LogP contribution is -2.30. The molecule has 226 valence electrons. The number of halogens is 6. The van der Waals surface area contributed by atoms with E-state index in [-0.39, 0.29) is 27.9 Å². The molecule has 1 aromatic heterocycles. The second kappa shape index (κ2) is 12.6. The molecule has 44 heavy (non-hydrogen) atoms. The molecule has 0 saturated heterocycles. The van der Waals surface area contributed by atoms with Gasteiger partial charge in [-0.3, -0.25) is 4.79 Å². The Morgan fingerprint density at radius 3 is 2.25 bits per heavy atom. The number of phenols is 1. The van der Waals surface area contributed by atoms with Crippen LogP contribution in [0.5, 0.6) is 17.2 Å². The van der Waals surface area contributed by atoms with Crippen LogP contribution < -0.4 is 10.1 Å². The monoisotopic (exact) mass is 645 g/mol. The third-order valence-corrected chi connectivity index (χ3v) is 7.07. The van der Waals surface area contributed by atoms with Gasteiger partial charge in [0.15, 0.2) is 5.82 Å². The number of nitrogens with one attached hydrogen (secondary N) is 1. The molecule has 5 aromatic rings. The van der Waals surface area contributed by atoms with Crippen molar-refractivity contribution in [1.29, 1.82) is 0 Å². The fourth-order valence-electron chi connectivity index (χ4n) is 4.29. The molecule has 7 nitrogen and oxygen atoms in total. The van der Waals surface area contributed by atoms with Crippen LogP contribution in [-0.2, 0) is 12.6 Å². The average molecular weight is 646 g/mol. The first-order chi connectivity index (χ1) is 20.9. The van der Waals surface area contributed by atoms with Gasteiger partial charge in [0, 0.05) is 12.5 Å². The van der Waals surface area contributed by atoms with E-state index in [0.29, 0.717) is 28.5 Å². The lowest BCUT2D eigenvalue weighted by Gasteiger charge is -2.17. The van der Waals surface area contributed by atoms with E-state index < -0.39 is 35.3 Å². The van der Waals surface area contributed by atoms with Gasteiger partial charge >= 0.3 is 6.18 Å². The molecule has 5 rings (SSSR count). The topological polar surface area (TPSA) is 97.5 Å². The number of hydrogen-bond donors (Lipinski definition) is 2. The minimum Gasteiger partial charge on any atom is -0.506 e. The van der Waals surface area contributed by atoms with Crippen molar-refractivity contribution in [3.05, 3.63) is 123 Å². The van der Waals surface area contributed by atoms with E-state index in [4.69, 9.17) is 32.5 Å². The molecule has 0 aliphatic rings. The maximum atomic E-state index is 13.5. The Bertz CT molecular complexity index is 1810. The number of aryl methyl sites for hydroxylation is 1. The predicted molar refractivity (Wildman–Crippen MR) is 154 cm³/mol. The molecule has 0 bridgehead atoms. The quantitative estimate of drug-likeness (QED) is 0.164. The number of aromatic hydroxyl groups is 1. The third-order valence-electron chi connectivity index (χ3n) is 6.49. The minimum absolute atomic E-state index is 0.0789. The van der Waals surface area contributed by atoms with Gasteiger partial charge in [-0.1, -0.05) is 52.6 Å². The number of hydrogen-bond acceptors (Lipinski definition) is 6. The lowest BCUT2D eigenvalue weighted by molar-refractivity contribution is -0.137. The molecule has 1 amide bonds. The Labute approximate surface area is 258 Å². The number of benzene rings is 4. The van der Waals surface area contributed by atoms with Crippen LogP contribution in [0.15, 0.2) is 83.4 Å². The normalized spacial score (nSPS) is 12.2. The maximum Gasteiger partial charge on any atom is 0.416 e. The Kier molecular flexibility index (Phi) is 8.80. The summed E-state index contributed by atoms with van der Waals surface area (Å²) in [4.78, 5) is 17.7. The van der Waals surface area contributed by atoms with Crippen molar-refractivity contribution in [3.63, 3.8) is 0 Å². The van der Waals surface area contributed by atoms with Gasteiger partial charge < -0.3 is 19.7 Å². The zero-order valence-corrected chi connectivity index (χ0v) is 24.1. The molecule has 0 radical (unpaired) electrons. The van der Waals surface area contributed by atoms with Gasteiger partial charge in [-0.2, -0.15) is 18.2 Å². The van der Waals surface area contributed by atoms with Crippen molar-refractivity contribution >= 4 is 29.1 Å². The van der Waals surface area contributed by atoms with Gasteiger partial charge in [-0.05, 0) is 72.1 Å². The molecule has 1 unspecified atom stereocenters. The van der Waals surface area contributed by atoms with E-state index in [1.54, 1.807) is 31.2 Å². The Morgan fingerprint density at radius 2 is 1.64 bits per heavy atom. The van der Waals surface area contributed by atoms with Crippen molar-refractivity contribution in [2.24, 2.45) is 0 Å². The number of phenolic OH excluding ortho intramolecular Hbond substituents is 1. The highest BCUT2D eigenvalue weighted by Gasteiger charge is 2.30. The summed E-state index contributed by atoms with van der Waals surface area (Å²) in [5, 5.41) is 16.9. The molecule has 2 N–H and O–H groups in total. The van der Waals surface area contributed by atoms with Crippen LogP contribution in [0, 0.1) is 12.7 Å². The SMILES string of the molecule is Cc1noc(C(Cc2ccc(Oc3ccc(F)c(Cl)c3)cc2)NC(=O)c2cc(-c3ccc(C(F)(F)F)cc3)cc(Cl)c2O)n1. The molecule has 0 saturated carbocycles. The summed E-state index contributed by atoms with van der Waals surface area (Å²) < 4.78 is 63.5. The summed E-state index contributed by atoms with van der Waals surface area (Å²) in [6.07, 6.45) is -4.33. The molecule has 1 heterocycles. The van der Waals surface area contributed by atoms with Gasteiger partial charge in [0.05, 0.1) is 21.2 Å². The second-order valence-electron chi connectivity index (χ2n) is 9.66. The molecule has 1 atom stereocenters. The zero-order valence-electron chi connectivity index (χ0n) is 22.6. The van der Waals surface area contributed by atoms with Crippen LogP contribution in [0.1, 0.15) is 39.2 Å². The summed E-state index contributed by atoms with van der Waals surface area (Å²) in [6.45, 7) is 1.61. The third kappa shape index (κ3) is 7.12. The highest BCUT2D eigenvalue weighted by Crippen LogP contribution is 2.36. The number of carbonyl (C=O) groups excluding carboxylic acids is 1. The summed E-state index contributed by atoms with van der Waals surface area (Å²) >= 11 is 12.0. The number of nitrogens with zero attached hydrogens (tertiary/aromatic N) is 2. The molecule has 13 heteroatoms. The van der Waals surface area contributed by atoms with E-state index in [1.165, 1.54) is 42.5 Å². The van der Waals surface area contributed by atoms with Crippen molar-refractivity contribution in [3.8, 4) is 28.4 Å². The largest absolute Gasteiger partial charge is 0.506 e. The maximum absolute atomic E-state index is 13.5. The van der Waals surface area contributed by atoms with E-state index in [0.717, 1.165) is 17.7 Å². The van der Waals surface area contributed by atoms with E-state index in [1.807, 2.05) is 0 Å². The highest BCUT2D eigenvalue weighted by molar-refractivity contribution is 6.33. The summed E-state index contributed by atoms with van der Waals surface area (Å²) in [7, 11) is 0. The van der Waals surface area contributed by atoms with Crippen molar-refractivity contribution in [2.75, 3.05) is 0 Å². The molecule has 0 spiro atoms. The number of ether oxygens (including phenoxy) is 1. The highest BCUT2D eigenvalue weighted by atomic mass is 35.5. The number of aromatic nitrogens is 2. The molecular formula is C31H21Cl2F4N3O4. The standard InChI is InChI=1S/C31H21Cl2F4N3O4/c1-16-38-30(44-40-16)27(12-17-2-8-21(9-3-17)43-22-10-11-26(34)24(32)15-22)39-29(42)23-13-19(14-25(33)28(23)41)18-4-6-20(7-5-18)31(35,36)37/h2-11,13-15,27,41H,12H2,1H3,(H,39,42). The van der Waals surface area contributed by atoms with Gasteiger partial charge in [0.1, 0.15) is 29.1 Å². The fraction of sp³-hybridized carbons (Fsp3) is 0.129. The van der Waals surface area contributed by atoms with Crippen molar-refractivity contribution < 1.29 is 36.7 Å². The van der Waals surface area contributed by atoms with Crippen LogP contribution in [0.25, 0.3) is 11.1 Å². The van der Waals surface area contributed by atoms with Crippen molar-refractivity contribution in [1.82, 2.24) is 15.5 Å².